The lowest BCUT2D eigenvalue weighted by Crippen LogP contribution is -2.47. The predicted octanol–water partition coefficient (Wildman–Crippen LogP) is 1.99. The molecule has 7 nitrogen and oxygen atoms in total. The van der Waals surface area contributed by atoms with Gasteiger partial charge in [-0.25, -0.2) is 17.8 Å². The fourth-order valence-corrected chi connectivity index (χ4v) is 5.15. The first-order valence-corrected chi connectivity index (χ1v) is 9.88. The van der Waals surface area contributed by atoms with Crippen molar-refractivity contribution in [3.05, 3.63) is 17.2 Å². The number of aryl methyl sites for hydroxylation is 2. The molecule has 0 aliphatic carbocycles. The van der Waals surface area contributed by atoms with Gasteiger partial charge in [0.15, 0.2) is 5.52 Å². The average Bonchev–Trinajstić information content (AvgIpc) is 2.96. The third kappa shape index (κ3) is 3.31. The first kappa shape index (κ1) is 17.3. The Kier molecular flexibility index (Phi) is 4.89. The molecule has 0 bridgehead atoms. The molecule has 1 saturated heterocycles. The van der Waals surface area contributed by atoms with Crippen molar-refractivity contribution in [3.8, 4) is 0 Å². The number of hydrogen-bond acceptors (Lipinski definition) is 6. The Morgan fingerprint density at radius 3 is 2.79 bits per heavy atom. The molecule has 24 heavy (non-hydrogen) atoms. The van der Waals surface area contributed by atoms with Crippen LogP contribution in [0.2, 0.25) is 0 Å². The summed E-state index contributed by atoms with van der Waals surface area (Å²) in [5.74, 6) is 0. The van der Waals surface area contributed by atoms with Crippen molar-refractivity contribution in [2.24, 2.45) is 0 Å². The van der Waals surface area contributed by atoms with Gasteiger partial charge in [-0.2, -0.15) is 0 Å². The molecule has 8 heteroatoms. The van der Waals surface area contributed by atoms with Gasteiger partial charge < -0.3 is 4.90 Å². The zero-order chi connectivity index (χ0) is 17.3. The van der Waals surface area contributed by atoms with Crippen LogP contribution in [0.25, 0.3) is 11.0 Å². The molecule has 1 aliphatic heterocycles. The summed E-state index contributed by atoms with van der Waals surface area (Å²) in [6.45, 7) is 8.56. The number of fused-ring (bicyclic) bond motifs is 1. The van der Waals surface area contributed by atoms with Gasteiger partial charge in [0.05, 0.1) is 0 Å². The van der Waals surface area contributed by atoms with Gasteiger partial charge in [-0.05, 0) is 67.6 Å². The molecule has 1 N–H and O–H groups in total. The van der Waals surface area contributed by atoms with E-state index in [9.17, 15) is 8.42 Å². The Labute approximate surface area is 142 Å². The van der Waals surface area contributed by atoms with E-state index in [-0.39, 0.29) is 10.9 Å². The fraction of sp³-hybridized carbons (Fsp3) is 0.625. The normalized spacial score (nSPS) is 19.9. The lowest BCUT2D eigenvalue weighted by atomic mass is 10.1. The largest absolute Gasteiger partial charge is 0.302 e. The van der Waals surface area contributed by atoms with Crippen molar-refractivity contribution in [2.75, 3.05) is 19.6 Å². The average molecular weight is 352 g/mol. The van der Waals surface area contributed by atoms with Crippen LogP contribution < -0.4 is 4.72 Å². The molecule has 0 radical (unpaired) electrons. The first-order chi connectivity index (χ1) is 11.4. The van der Waals surface area contributed by atoms with E-state index in [1.807, 2.05) is 13.0 Å². The summed E-state index contributed by atoms with van der Waals surface area (Å²) in [4.78, 5) is 2.49. The number of sulfonamides is 1. The van der Waals surface area contributed by atoms with Crippen molar-refractivity contribution in [2.45, 2.75) is 51.0 Å². The predicted molar refractivity (Wildman–Crippen MR) is 91.4 cm³/mol. The molecule has 0 spiro atoms. The van der Waals surface area contributed by atoms with E-state index in [0.29, 0.717) is 16.6 Å². The standard InChI is InChI=1S/C16H24N4O3S/c1-4-7-20-8-5-6-13(10-20)19-24(21,22)16-12(3)9-11(2)14-15(16)18-23-17-14/h9,13,19H,4-8,10H2,1-3H3. The second-order valence-electron chi connectivity index (χ2n) is 6.56. The van der Waals surface area contributed by atoms with Crippen LogP contribution in [0.15, 0.2) is 15.6 Å². The number of benzene rings is 1. The molecular weight excluding hydrogens is 328 g/mol. The summed E-state index contributed by atoms with van der Waals surface area (Å²) in [6.07, 6.45) is 2.92. The Hall–Kier alpha value is -1.51. The molecular formula is C16H24N4O3S. The zero-order valence-corrected chi connectivity index (χ0v) is 15.2. The molecule has 1 aliphatic rings. The van der Waals surface area contributed by atoms with Crippen LogP contribution in [0.4, 0.5) is 0 Å². The van der Waals surface area contributed by atoms with Gasteiger partial charge in [-0.1, -0.05) is 13.0 Å². The van der Waals surface area contributed by atoms with E-state index in [0.717, 1.165) is 44.5 Å². The Morgan fingerprint density at radius 2 is 2.04 bits per heavy atom. The topological polar surface area (TPSA) is 88.3 Å². The smallest absolute Gasteiger partial charge is 0.243 e. The lowest BCUT2D eigenvalue weighted by molar-refractivity contribution is 0.202. The first-order valence-electron chi connectivity index (χ1n) is 8.39. The molecule has 1 aromatic heterocycles. The molecule has 3 rings (SSSR count). The second kappa shape index (κ2) is 6.78. The molecule has 2 heterocycles. The minimum atomic E-state index is -3.68. The number of aromatic nitrogens is 2. The third-order valence-corrected chi connectivity index (χ3v) is 6.20. The van der Waals surface area contributed by atoms with Crippen LogP contribution in [-0.4, -0.2) is 49.3 Å². The second-order valence-corrected chi connectivity index (χ2v) is 8.21. The number of rotatable bonds is 5. The number of likely N-dealkylation sites (tertiary alicyclic amines) is 1. The molecule has 132 valence electrons. The van der Waals surface area contributed by atoms with Crippen molar-refractivity contribution in [1.29, 1.82) is 0 Å². The van der Waals surface area contributed by atoms with Crippen molar-refractivity contribution in [1.82, 2.24) is 19.9 Å². The van der Waals surface area contributed by atoms with Gasteiger partial charge in [0.25, 0.3) is 0 Å². The fourth-order valence-electron chi connectivity index (χ4n) is 3.53. The van der Waals surface area contributed by atoms with E-state index in [1.54, 1.807) is 6.92 Å². The van der Waals surface area contributed by atoms with E-state index >= 15 is 0 Å². The van der Waals surface area contributed by atoms with Crippen LogP contribution >= 0.6 is 0 Å². The summed E-state index contributed by atoms with van der Waals surface area (Å²) in [6, 6.07) is 1.73. The quantitative estimate of drug-likeness (QED) is 0.885. The van der Waals surface area contributed by atoms with Gasteiger partial charge in [-0.15, -0.1) is 0 Å². The minimum absolute atomic E-state index is 0.0779. The molecule has 0 saturated carbocycles. The number of piperidine rings is 1. The molecule has 2 aromatic rings. The van der Waals surface area contributed by atoms with Crippen LogP contribution in [-0.2, 0) is 10.0 Å². The Bertz CT molecular complexity index is 829. The highest BCUT2D eigenvalue weighted by atomic mass is 32.2. The number of nitrogens with zero attached hydrogens (tertiary/aromatic N) is 3. The minimum Gasteiger partial charge on any atom is -0.302 e. The van der Waals surface area contributed by atoms with Crippen LogP contribution in [0.5, 0.6) is 0 Å². The van der Waals surface area contributed by atoms with Gasteiger partial charge in [0.1, 0.15) is 10.4 Å². The van der Waals surface area contributed by atoms with Gasteiger partial charge in [0.2, 0.25) is 10.0 Å². The number of hydrogen-bond donors (Lipinski definition) is 1. The molecule has 1 fully saturated rings. The van der Waals surface area contributed by atoms with E-state index in [4.69, 9.17) is 4.63 Å². The van der Waals surface area contributed by atoms with Crippen LogP contribution in [0.3, 0.4) is 0 Å². The van der Waals surface area contributed by atoms with Crippen molar-refractivity contribution >= 4 is 21.1 Å². The summed E-state index contributed by atoms with van der Waals surface area (Å²) in [5, 5.41) is 7.66. The lowest BCUT2D eigenvalue weighted by Gasteiger charge is -2.32. The maximum absolute atomic E-state index is 13.0. The monoisotopic (exact) mass is 352 g/mol. The SMILES string of the molecule is CCCN1CCCC(NS(=O)(=O)c2c(C)cc(C)c3nonc23)C1. The molecule has 0 amide bonds. The van der Waals surface area contributed by atoms with Gasteiger partial charge in [0, 0.05) is 12.6 Å². The van der Waals surface area contributed by atoms with Crippen molar-refractivity contribution < 1.29 is 13.0 Å². The Balaban J connectivity index is 1.90. The highest BCUT2D eigenvalue weighted by Crippen LogP contribution is 2.27. The number of nitrogens with one attached hydrogen (secondary N) is 1. The zero-order valence-electron chi connectivity index (χ0n) is 14.4. The summed E-state index contributed by atoms with van der Waals surface area (Å²) >= 11 is 0. The molecule has 1 unspecified atom stereocenters. The maximum atomic E-state index is 13.0. The van der Waals surface area contributed by atoms with E-state index in [2.05, 4.69) is 26.9 Å². The summed E-state index contributed by atoms with van der Waals surface area (Å²) < 4.78 is 33.6. The van der Waals surface area contributed by atoms with Gasteiger partial charge in [-0.3, -0.25) is 0 Å². The maximum Gasteiger partial charge on any atom is 0.243 e. The molecule has 1 aromatic carbocycles. The van der Waals surface area contributed by atoms with Crippen molar-refractivity contribution in [3.63, 3.8) is 0 Å². The van der Waals surface area contributed by atoms with E-state index < -0.39 is 10.0 Å². The summed E-state index contributed by atoms with van der Waals surface area (Å²) in [7, 11) is -3.68. The third-order valence-electron chi connectivity index (χ3n) is 4.50. The van der Waals surface area contributed by atoms with Crippen LogP contribution in [0.1, 0.15) is 37.3 Å². The highest BCUT2D eigenvalue weighted by Gasteiger charge is 2.29. The van der Waals surface area contributed by atoms with Gasteiger partial charge >= 0.3 is 0 Å². The van der Waals surface area contributed by atoms with Crippen LogP contribution in [0, 0.1) is 13.8 Å². The highest BCUT2D eigenvalue weighted by molar-refractivity contribution is 7.89. The Morgan fingerprint density at radius 1 is 1.29 bits per heavy atom. The molecule has 1 atom stereocenters. The van der Waals surface area contributed by atoms with E-state index in [1.165, 1.54) is 0 Å². The summed E-state index contributed by atoms with van der Waals surface area (Å²) in [5.41, 5.74) is 2.32.